The number of rotatable bonds is 6. The van der Waals surface area contributed by atoms with Crippen molar-refractivity contribution in [2.24, 2.45) is 5.73 Å². The van der Waals surface area contributed by atoms with E-state index in [9.17, 15) is 4.79 Å². The molecule has 0 radical (unpaired) electrons. The van der Waals surface area contributed by atoms with Crippen LogP contribution in [0.5, 0.6) is 5.75 Å². The summed E-state index contributed by atoms with van der Waals surface area (Å²) in [6, 6.07) is 9.73. The summed E-state index contributed by atoms with van der Waals surface area (Å²) in [5.74, 6) is -0.282. The molecule has 1 atom stereocenters. The normalized spacial score (nSPS) is 13.9. The van der Waals surface area contributed by atoms with Crippen molar-refractivity contribution in [3.63, 3.8) is 0 Å². The molecule has 5 nitrogen and oxygen atoms in total. The number of para-hydroxylation sites is 1. The van der Waals surface area contributed by atoms with Gasteiger partial charge in [-0.05, 0) is 38.8 Å². The molecule has 1 aromatic heterocycles. The van der Waals surface area contributed by atoms with Crippen molar-refractivity contribution in [2.75, 3.05) is 6.61 Å². The maximum atomic E-state index is 10.9. The Morgan fingerprint density at radius 3 is 2.86 bits per heavy atom. The molecular weight excluding hydrogens is 268 g/mol. The molecule has 1 unspecified atom stereocenters. The second kappa shape index (κ2) is 6.10. The van der Waals surface area contributed by atoms with Crippen molar-refractivity contribution in [3.8, 4) is 5.75 Å². The number of benzene rings is 1. The summed E-state index contributed by atoms with van der Waals surface area (Å²) in [4.78, 5) is 15.4. The molecule has 3 N–H and O–H groups in total. The van der Waals surface area contributed by atoms with Gasteiger partial charge in [-0.1, -0.05) is 18.2 Å². The Kier molecular flexibility index (Phi) is 4.43. The molecule has 0 bridgehead atoms. The maximum Gasteiger partial charge on any atom is 0.323 e. The Balaban J connectivity index is 2.01. The van der Waals surface area contributed by atoms with Crippen LogP contribution in [0.25, 0.3) is 10.9 Å². The van der Waals surface area contributed by atoms with Crippen molar-refractivity contribution < 1.29 is 14.6 Å². The molecule has 112 valence electrons. The smallest absolute Gasteiger partial charge is 0.323 e. The van der Waals surface area contributed by atoms with Gasteiger partial charge in [-0.2, -0.15) is 0 Å². The largest absolute Gasteiger partial charge is 0.491 e. The summed E-state index contributed by atoms with van der Waals surface area (Å²) < 4.78 is 5.74. The number of aliphatic carboxylic acids is 1. The van der Waals surface area contributed by atoms with Gasteiger partial charge < -0.3 is 15.6 Å². The van der Waals surface area contributed by atoms with E-state index in [1.165, 1.54) is 6.92 Å². The quantitative estimate of drug-likeness (QED) is 0.798. The van der Waals surface area contributed by atoms with E-state index in [-0.39, 0.29) is 0 Å². The number of nitrogens with zero attached hydrogens (tertiary/aromatic N) is 1. The minimum Gasteiger partial charge on any atom is -0.491 e. The molecule has 1 heterocycles. The minimum atomic E-state index is -1.21. The molecule has 2 rings (SSSR count). The highest BCUT2D eigenvalue weighted by Gasteiger charge is 2.26. The van der Waals surface area contributed by atoms with E-state index in [4.69, 9.17) is 15.6 Å². The van der Waals surface area contributed by atoms with Gasteiger partial charge in [0.05, 0.1) is 6.61 Å². The number of ether oxygens (including phenoxy) is 1. The van der Waals surface area contributed by atoms with Crippen LogP contribution in [-0.2, 0) is 4.79 Å². The first-order valence-electron chi connectivity index (χ1n) is 6.91. The van der Waals surface area contributed by atoms with Crippen molar-refractivity contribution >= 4 is 16.9 Å². The molecule has 0 aliphatic heterocycles. The maximum absolute atomic E-state index is 10.9. The second-order valence-corrected chi connectivity index (χ2v) is 5.46. The van der Waals surface area contributed by atoms with E-state index in [1.807, 2.05) is 37.3 Å². The number of nitrogens with two attached hydrogens (primary N) is 1. The molecule has 0 amide bonds. The summed E-state index contributed by atoms with van der Waals surface area (Å²) in [6.45, 7) is 3.86. The molecule has 1 aromatic carbocycles. The predicted octanol–water partition coefficient (Wildman–Crippen LogP) is 2.50. The number of aryl methyl sites for hydroxylation is 1. The third kappa shape index (κ3) is 3.70. The number of carbonyl (C=O) groups is 1. The van der Waals surface area contributed by atoms with Crippen LogP contribution in [0.1, 0.15) is 25.5 Å². The SMILES string of the molecule is Cc1ccc2cccc(OCCCC(C)(N)C(=O)O)c2n1. The van der Waals surface area contributed by atoms with Crippen LogP contribution >= 0.6 is 0 Å². The van der Waals surface area contributed by atoms with Gasteiger partial charge in [0.15, 0.2) is 0 Å². The fourth-order valence-electron chi connectivity index (χ4n) is 2.06. The van der Waals surface area contributed by atoms with Crippen molar-refractivity contribution in [2.45, 2.75) is 32.2 Å². The van der Waals surface area contributed by atoms with Crippen molar-refractivity contribution in [3.05, 3.63) is 36.0 Å². The Bertz CT molecular complexity index is 653. The molecule has 0 fully saturated rings. The van der Waals surface area contributed by atoms with Gasteiger partial charge in [-0.25, -0.2) is 4.98 Å². The number of aromatic nitrogens is 1. The van der Waals surface area contributed by atoms with Gasteiger partial charge in [0.25, 0.3) is 0 Å². The molecule has 2 aromatic rings. The first-order chi connectivity index (χ1) is 9.90. The first-order valence-corrected chi connectivity index (χ1v) is 6.91. The summed E-state index contributed by atoms with van der Waals surface area (Å²) in [6.07, 6.45) is 0.932. The third-order valence-electron chi connectivity index (χ3n) is 3.41. The molecule has 0 aliphatic carbocycles. The van der Waals surface area contributed by atoms with E-state index in [2.05, 4.69) is 4.98 Å². The zero-order valence-corrected chi connectivity index (χ0v) is 12.3. The topological polar surface area (TPSA) is 85.4 Å². The Morgan fingerprint density at radius 1 is 1.38 bits per heavy atom. The van der Waals surface area contributed by atoms with E-state index in [0.717, 1.165) is 16.6 Å². The molecule has 5 heteroatoms. The van der Waals surface area contributed by atoms with E-state index < -0.39 is 11.5 Å². The van der Waals surface area contributed by atoms with E-state index in [0.29, 0.717) is 25.2 Å². The molecule has 21 heavy (non-hydrogen) atoms. The van der Waals surface area contributed by atoms with Crippen LogP contribution < -0.4 is 10.5 Å². The second-order valence-electron chi connectivity index (χ2n) is 5.46. The van der Waals surface area contributed by atoms with Crippen LogP contribution in [0, 0.1) is 6.92 Å². The highest BCUT2D eigenvalue weighted by atomic mass is 16.5. The monoisotopic (exact) mass is 288 g/mol. The van der Waals surface area contributed by atoms with E-state index >= 15 is 0 Å². The number of hydrogen-bond acceptors (Lipinski definition) is 4. The van der Waals surface area contributed by atoms with Gasteiger partial charge in [0.2, 0.25) is 0 Å². The summed E-state index contributed by atoms with van der Waals surface area (Å²) >= 11 is 0. The Labute approximate surface area is 123 Å². The number of carboxylic acids is 1. The minimum absolute atomic E-state index is 0.361. The van der Waals surface area contributed by atoms with Gasteiger partial charge >= 0.3 is 5.97 Å². The molecule has 0 saturated carbocycles. The van der Waals surface area contributed by atoms with Crippen LogP contribution in [0.2, 0.25) is 0 Å². The molecule has 0 saturated heterocycles. The zero-order chi connectivity index (χ0) is 15.5. The average molecular weight is 288 g/mol. The first kappa shape index (κ1) is 15.3. The lowest BCUT2D eigenvalue weighted by Crippen LogP contribution is -2.44. The van der Waals surface area contributed by atoms with Gasteiger partial charge in [-0.15, -0.1) is 0 Å². The van der Waals surface area contributed by atoms with Crippen LogP contribution in [0.3, 0.4) is 0 Å². The van der Waals surface area contributed by atoms with Gasteiger partial charge in [0.1, 0.15) is 16.8 Å². The fourth-order valence-corrected chi connectivity index (χ4v) is 2.06. The summed E-state index contributed by atoms with van der Waals surface area (Å²) in [5.41, 5.74) is 6.23. The van der Waals surface area contributed by atoms with Gasteiger partial charge in [0, 0.05) is 11.1 Å². The number of pyridine rings is 1. The summed E-state index contributed by atoms with van der Waals surface area (Å²) in [5, 5.41) is 9.97. The number of fused-ring (bicyclic) bond motifs is 1. The Morgan fingerprint density at radius 2 is 2.14 bits per heavy atom. The highest BCUT2D eigenvalue weighted by Crippen LogP contribution is 2.24. The van der Waals surface area contributed by atoms with Crippen molar-refractivity contribution in [1.82, 2.24) is 4.98 Å². The van der Waals surface area contributed by atoms with Crippen LogP contribution in [0.4, 0.5) is 0 Å². The Hall–Kier alpha value is -2.14. The molecule has 0 spiro atoms. The highest BCUT2D eigenvalue weighted by molar-refractivity contribution is 5.84. The lowest BCUT2D eigenvalue weighted by atomic mass is 9.98. The van der Waals surface area contributed by atoms with Crippen molar-refractivity contribution in [1.29, 1.82) is 0 Å². The summed E-state index contributed by atoms with van der Waals surface area (Å²) in [7, 11) is 0. The molecule has 0 aliphatic rings. The van der Waals surface area contributed by atoms with E-state index in [1.54, 1.807) is 0 Å². The van der Waals surface area contributed by atoms with Crippen LogP contribution in [-0.4, -0.2) is 28.2 Å². The average Bonchev–Trinajstić information content (AvgIpc) is 2.43. The lowest BCUT2D eigenvalue weighted by Gasteiger charge is -2.18. The number of carboxylic acid groups (broad SMARTS) is 1. The molecular formula is C16H20N2O3. The predicted molar refractivity (Wildman–Crippen MR) is 81.4 cm³/mol. The standard InChI is InChI=1S/C16H20N2O3/c1-11-7-8-12-5-3-6-13(14(12)18-11)21-10-4-9-16(2,17)15(19)20/h3,5-8H,4,9-10,17H2,1-2H3,(H,19,20). The zero-order valence-electron chi connectivity index (χ0n) is 12.3. The number of hydrogen-bond donors (Lipinski definition) is 2. The van der Waals surface area contributed by atoms with Gasteiger partial charge in [-0.3, -0.25) is 4.79 Å². The van der Waals surface area contributed by atoms with Crippen LogP contribution in [0.15, 0.2) is 30.3 Å². The fraction of sp³-hybridized carbons (Fsp3) is 0.375. The lowest BCUT2D eigenvalue weighted by molar-refractivity contribution is -0.142. The third-order valence-corrected chi connectivity index (χ3v) is 3.41.